The summed E-state index contributed by atoms with van der Waals surface area (Å²) in [6.45, 7) is 6.32. The molecule has 23 heavy (non-hydrogen) atoms. The van der Waals surface area contributed by atoms with Crippen LogP contribution in [-0.2, 0) is 10.2 Å². The Morgan fingerprint density at radius 3 is 2.39 bits per heavy atom. The summed E-state index contributed by atoms with van der Waals surface area (Å²) < 4.78 is 3.64. The number of carboxylic acids is 1. The van der Waals surface area contributed by atoms with Crippen molar-refractivity contribution in [1.82, 2.24) is 14.9 Å². The third-order valence-electron chi connectivity index (χ3n) is 3.45. The summed E-state index contributed by atoms with van der Waals surface area (Å²) in [5.74, 6) is -1.34. The molecule has 0 aliphatic rings. The fourth-order valence-electron chi connectivity index (χ4n) is 2.14. The van der Waals surface area contributed by atoms with Gasteiger partial charge in [0.15, 0.2) is 0 Å². The van der Waals surface area contributed by atoms with Crippen LogP contribution in [0.4, 0.5) is 0 Å². The van der Waals surface area contributed by atoms with Gasteiger partial charge in [-0.2, -0.15) is 0 Å². The van der Waals surface area contributed by atoms with E-state index in [4.69, 9.17) is 5.11 Å². The molecule has 0 aliphatic heterocycles. The van der Waals surface area contributed by atoms with Crippen LogP contribution in [0.3, 0.4) is 0 Å². The number of rotatable bonds is 5. The summed E-state index contributed by atoms with van der Waals surface area (Å²) in [6, 6.07) is 7.05. The number of nitrogens with zero attached hydrogens (tertiary/aromatic N) is 2. The zero-order valence-electron chi connectivity index (χ0n) is 13.2. The summed E-state index contributed by atoms with van der Waals surface area (Å²) >= 11 is 0.972. The minimum absolute atomic E-state index is 0.0123. The van der Waals surface area contributed by atoms with Crippen molar-refractivity contribution in [3.63, 3.8) is 0 Å². The third-order valence-corrected chi connectivity index (χ3v) is 4.11. The average molecular weight is 333 g/mol. The first kappa shape index (κ1) is 17.1. The van der Waals surface area contributed by atoms with Gasteiger partial charge in [-0.1, -0.05) is 49.5 Å². The van der Waals surface area contributed by atoms with Crippen molar-refractivity contribution in [3.8, 4) is 0 Å². The van der Waals surface area contributed by atoms with E-state index in [9.17, 15) is 9.59 Å². The molecule has 1 aromatic heterocycles. The second kappa shape index (κ2) is 6.87. The minimum atomic E-state index is -0.974. The van der Waals surface area contributed by atoms with Crippen LogP contribution in [0.15, 0.2) is 30.5 Å². The number of carbonyl (C=O) groups is 2. The molecule has 122 valence electrons. The molecule has 0 fully saturated rings. The standard InChI is InChI=1S/C16H19N3O3S/c1-16(2,3)11-6-4-10(5-7-11)12(8-14(20)21)18-15(22)13-9-17-19-23-13/h4-7,9,12H,8H2,1-3H3,(H,18,22)(H,20,21). The summed E-state index contributed by atoms with van der Waals surface area (Å²) in [7, 11) is 0. The fourth-order valence-corrected chi connectivity index (χ4v) is 2.56. The second-order valence-corrected chi connectivity index (χ2v) is 7.06. The molecule has 1 heterocycles. The predicted octanol–water partition coefficient (Wildman–Crippen LogP) is 2.78. The first-order valence-electron chi connectivity index (χ1n) is 7.18. The molecule has 7 heteroatoms. The van der Waals surface area contributed by atoms with Crippen LogP contribution in [0.2, 0.25) is 0 Å². The average Bonchev–Trinajstić information content (AvgIpc) is 2.99. The second-order valence-electron chi connectivity index (χ2n) is 6.28. The van der Waals surface area contributed by atoms with Crippen LogP contribution in [0.5, 0.6) is 0 Å². The Morgan fingerprint density at radius 1 is 1.26 bits per heavy atom. The number of aromatic nitrogens is 2. The van der Waals surface area contributed by atoms with Crippen LogP contribution < -0.4 is 5.32 Å². The highest BCUT2D eigenvalue weighted by Gasteiger charge is 2.21. The molecular weight excluding hydrogens is 314 g/mol. The van der Waals surface area contributed by atoms with Crippen molar-refractivity contribution < 1.29 is 14.7 Å². The Balaban J connectivity index is 2.21. The molecule has 0 bridgehead atoms. The summed E-state index contributed by atoms with van der Waals surface area (Å²) in [6.07, 6.45) is 1.17. The molecule has 1 atom stereocenters. The number of hydrogen-bond acceptors (Lipinski definition) is 5. The van der Waals surface area contributed by atoms with E-state index >= 15 is 0 Å². The van der Waals surface area contributed by atoms with E-state index in [2.05, 4.69) is 35.7 Å². The van der Waals surface area contributed by atoms with Gasteiger partial charge >= 0.3 is 5.97 Å². The van der Waals surface area contributed by atoms with E-state index in [1.54, 1.807) is 0 Å². The van der Waals surface area contributed by atoms with Crippen molar-refractivity contribution >= 4 is 23.4 Å². The van der Waals surface area contributed by atoms with Crippen molar-refractivity contribution in [2.45, 2.75) is 38.6 Å². The fraction of sp³-hybridized carbons (Fsp3) is 0.375. The van der Waals surface area contributed by atoms with Crippen LogP contribution in [-0.4, -0.2) is 26.6 Å². The number of hydrogen-bond donors (Lipinski definition) is 2. The van der Waals surface area contributed by atoms with Crippen LogP contribution in [0, 0.1) is 0 Å². The van der Waals surface area contributed by atoms with Gasteiger partial charge < -0.3 is 10.4 Å². The van der Waals surface area contributed by atoms with Crippen molar-refractivity contribution in [2.75, 3.05) is 0 Å². The number of carboxylic acid groups (broad SMARTS) is 1. The lowest BCUT2D eigenvalue weighted by Crippen LogP contribution is -2.29. The first-order valence-corrected chi connectivity index (χ1v) is 7.95. The van der Waals surface area contributed by atoms with Gasteiger partial charge in [-0.3, -0.25) is 9.59 Å². The van der Waals surface area contributed by atoms with Crippen molar-refractivity contribution in [2.24, 2.45) is 0 Å². The van der Waals surface area contributed by atoms with Gasteiger partial charge in [0, 0.05) is 0 Å². The molecule has 0 spiro atoms. The smallest absolute Gasteiger partial charge is 0.305 e. The van der Waals surface area contributed by atoms with Gasteiger partial charge in [-0.15, -0.1) is 5.10 Å². The highest BCUT2D eigenvalue weighted by molar-refractivity contribution is 7.07. The summed E-state index contributed by atoms with van der Waals surface area (Å²) in [5, 5.41) is 15.4. The largest absolute Gasteiger partial charge is 0.481 e. The van der Waals surface area contributed by atoms with Gasteiger partial charge in [0.25, 0.3) is 5.91 Å². The highest BCUT2D eigenvalue weighted by atomic mass is 32.1. The molecule has 2 N–H and O–H groups in total. The molecule has 0 saturated heterocycles. The van der Waals surface area contributed by atoms with Crippen molar-refractivity contribution in [1.29, 1.82) is 0 Å². The molecule has 1 unspecified atom stereocenters. The normalized spacial score (nSPS) is 12.7. The van der Waals surface area contributed by atoms with E-state index in [0.717, 1.165) is 22.7 Å². The molecule has 2 aromatic rings. The van der Waals surface area contributed by atoms with E-state index < -0.39 is 12.0 Å². The quantitative estimate of drug-likeness (QED) is 0.878. The molecule has 2 rings (SSSR count). The van der Waals surface area contributed by atoms with Gasteiger partial charge in [0.2, 0.25) is 0 Å². The number of carbonyl (C=O) groups excluding carboxylic acids is 1. The van der Waals surface area contributed by atoms with Gasteiger partial charge in [0.05, 0.1) is 18.7 Å². The molecule has 0 radical (unpaired) electrons. The van der Waals surface area contributed by atoms with Gasteiger partial charge in [-0.05, 0) is 28.1 Å². The van der Waals surface area contributed by atoms with Gasteiger partial charge in [0.1, 0.15) is 4.88 Å². The maximum absolute atomic E-state index is 12.1. The Morgan fingerprint density at radius 2 is 1.91 bits per heavy atom. The predicted molar refractivity (Wildman–Crippen MR) is 87.5 cm³/mol. The molecule has 1 aromatic carbocycles. The zero-order chi connectivity index (χ0) is 17.0. The number of nitrogens with one attached hydrogen (secondary N) is 1. The molecular formula is C16H19N3O3S. The van der Waals surface area contributed by atoms with Crippen LogP contribution in [0.1, 0.15) is 54.0 Å². The van der Waals surface area contributed by atoms with Crippen LogP contribution in [0.25, 0.3) is 0 Å². The Kier molecular flexibility index (Phi) is 5.10. The summed E-state index contributed by atoms with van der Waals surface area (Å²) in [4.78, 5) is 23.6. The lowest BCUT2D eigenvalue weighted by Gasteiger charge is -2.21. The SMILES string of the molecule is CC(C)(C)c1ccc(C(CC(=O)O)NC(=O)c2cnns2)cc1. The topological polar surface area (TPSA) is 92.2 Å². The first-order chi connectivity index (χ1) is 10.8. The summed E-state index contributed by atoms with van der Waals surface area (Å²) in [5.41, 5.74) is 1.91. The monoisotopic (exact) mass is 333 g/mol. The molecule has 6 nitrogen and oxygen atoms in total. The Bertz CT molecular complexity index is 676. The minimum Gasteiger partial charge on any atom is -0.481 e. The van der Waals surface area contributed by atoms with Crippen molar-refractivity contribution in [3.05, 3.63) is 46.5 Å². The molecule has 1 amide bonds. The Hall–Kier alpha value is -2.28. The number of amides is 1. The Labute approximate surface area is 138 Å². The molecule has 0 aliphatic carbocycles. The number of aliphatic carboxylic acids is 1. The van der Waals surface area contributed by atoms with Crippen LogP contribution >= 0.6 is 11.5 Å². The number of benzene rings is 1. The van der Waals surface area contributed by atoms with E-state index in [1.165, 1.54) is 6.20 Å². The highest BCUT2D eigenvalue weighted by Crippen LogP contribution is 2.25. The molecule has 0 saturated carbocycles. The lowest BCUT2D eigenvalue weighted by atomic mass is 9.86. The maximum atomic E-state index is 12.1. The van der Waals surface area contributed by atoms with E-state index in [0.29, 0.717) is 4.88 Å². The lowest BCUT2D eigenvalue weighted by molar-refractivity contribution is -0.137. The third kappa shape index (κ3) is 4.59. The van der Waals surface area contributed by atoms with E-state index in [-0.39, 0.29) is 17.7 Å². The van der Waals surface area contributed by atoms with Gasteiger partial charge in [-0.25, -0.2) is 0 Å². The zero-order valence-corrected chi connectivity index (χ0v) is 14.1. The maximum Gasteiger partial charge on any atom is 0.305 e. The van der Waals surface area contributed by atoms with E-state index in [1.807, 2.05) is 24.3 Å².